The minimum Gasteiger partial charge on any atom is -0.349 e. The molecule has 1 aliphatic rings. The first-order chi connectivity index (χ1) is 9.34. The lowest BCUT2D eigenvalue weighted by Crippen LogP contribution is -2.34. The van der Waals surface area contributed by atoms with E-state index < -0.39 is 10.0 Å². The maximum atomic E-state index is 11.9. The summed E-state index contributed by atoms with van der Waals surface area (Å²) in [7, 11) is -3.29. The molecule has 0 bridgehead atoms. The third-order valence-corrected chi connectivity index (χ3v) is 4.53. The molecule has 2 rings (SSSR count). The fourth-order valence-corrected chi connectivity index (χ4v) is 3.78. The van der Waals surface area contributed by atoms with Gasteiger partial charge < -0.3 is 5.32 Å². The van der Waals surface area contributed by atoms with Crippen LogP contribution in [0.5, 0.6) is 0 Å². The van der Waals surface area contributed by atoms with Crippen LogP contribution in [0.3, 0.4) is 0 Å². The average molecular weight is 294 g/mol. The highest BCUT2D eigenvalue weighted by atomic mass is 32.2. The zero-order valence-electron chi connectivity index (χ0n) is 11.6. The Bertz CT molecular complexity index is 652. The predicted molar refractivity (Wildman–Crippen MR) is 79.5 cm³/mol. The number of hydrogen-bond donors (Lipinski definition) is 1. The number of nitrogens with one attached hydrogen (secondary N) is 1. The fraction of sp³-hybridized carbons (Fsp3) is 0.357. The molecule has 0 spiro atoms. The van der Waals surface area contributed by atoms with Crippen LogP contribution in [0.1, 0.15) is 22.8 Å². The number of anilines is 1. The highest BCUT2D eigenvalue weighted by Gasteiger charge is 2.32. The molecule has 0 radical (unpaired) electrons. The van der Waals surface area contributed by atoms with Crippen LogP contribution in [0.2, 0.25) is 0 Å². The van der Waals surface area contributed by atoms with Crippen LogP contribution < -0.4 is 9.62 Å². The summed E-state index contributed by atoms with van der Waals surface area (Å²) in [5.74, 6) is -0.182. The summed E-state index contributed by atoms with van der Waals surface area (Å²) >= 11 is 0. The first-order valence-electron chi connectivity index (χ1n) is 6.36. The van der Waals surface area contributed by atoms with Crippen molar-refractivity contribution < 1.29 is 13.2 Å². The lowest BCUT2D eigenvalue weighted by atomic mass is 10.1. The molecule has 1 unspecified atom stereocenters. The molecule has 20 heavy (non-hydrogen) atoms. The van der Waals surface area contributed by atoms with Crippen molar-refractivity contribution in [3.63, 3.8) is 0 Å². The second-order valence-electron chi connectivity index (χ2n) is 4.95. The molecule has 0 aliphatic carbocycles. The molecule has 1 heterocycles. The number of amides is 1. The minimum atomic E-state index is -3.29. The second-order valence-corrected chi connectivity index (χ2v) is 6.81. The number of carbonyl (C=O) groups excluding carboxylic acids is 1. The summed E-state index contributed by atoms with van der Waals surface area (Å²) in [5, 5.41) is 2.70. The molecule has 0 saturated heterocycles. The van der Waals surface area contributed by atoms with Crippen LogP contribution in [-0.4, -0.2) is 33.2 Å². The Morgan fingerprint density at radius 1 is 1.55 bits per heavy atom. The smallest absolute Gasteiger partial charge is 0.251 e. The number of rotatable bonds is 4. The third-order valence-electron chi connectivity index (χ3n) is 3.26. The summed E-state index contributed by atoms with van der Waals surface area (Å²) in [6.07, 6.45) is 3.42. The monoisotopic (exact) mass is 294 g/mol. The largest absolute Gasteiger partial charge is 0.349 e. The number of benzene rings is 1. The predicted octanol–water partition coefficient (Wildman–Crippen LogP) is 1.31. The maximum absolute atomic E-state index is 11.9. The van der Waals surface area contributed by atoms with Gasteiger partial charge in [0.2, 0.25) is 10.0 Å². The fourth-order valence-electron chi connectivity index (χ4n) is 2.52. The third kappa shape index (κ3) is 2.70. The normalized spacial score (nSPS) is 17.7. The van der Waals surface area contributed by atoms with Crippen LogP contribution in [0, 0.1) is 0 Å². The first kappa shape index (κ1) is 14.6. The molecule has 1 aromatic rings. The van der Waals surface area contributed by atoms with Gasteiger partial charge in [0.25, 0.3) is 5.91 Å². The standard InChI is InChI=1S/C14H18N2O3S/c1-4-7-15-14(17)11-5-6-13-12(9-11)8-10(2)16(13)20(3,18)19/h4-6,9-10H,1,7-8H2,2-3H3,(H,15,17). The number of fused-ring (bicyclic) bond motifs is 1. The van der Waals surface area contributed by atoms with Crippen molar-refractivity contribution in [3.8, 4) is 0 Å². The molecule has 6 heteroatoms. The molecule has 108 valence electrons. The lowest BCUT2D eigenvalue weighted by Gasteiger charge is -2.21. The summed E-state index contributed by atoms with van der Waals surface area (Å²) < 4.78 is 25.0. The van der Waals surface area contributed by atoms with E-state index in [1.54, 1.807) is 24.3 Å². The van der Waals surface area contributed by atoms with Crippen molar-refractivity contribution in [2.75, 3.05) is 17.1 Å². The van der Waals surface area contributed by atoms with Crippen molar-refractivity contribution in [1.82, 2.24) is 5.32 Å². The van der Waals surface area contributed by atoms with E-state index in [0.717, 1.165) is 5.56 Å². The molecule has 0 saturated carbocycles. The SMILES string of the molecule is C=CCNC(=O)c1ccc2c(c1)CC(C)N2S(C)(=O)=O. The van der Waals surface area contributed by atoms with E-state index in [-0.39, 0.29) is 11.9 Å². The Kier molecular flexibility index (Phi) is 3.85. The van der Waals surface area contributed by atoms with Gasteiger partial charge in [-0.15, -0.1) is 6.58 Å². The van der Waals surface area contributed by atoms with E-state index in [1.165, 1.54) is 10.6 Å². The summed E-state index contributed by atoms with van der Waals surface area (Å²) in [4.78, 5) is 11.9. The van der Waals surface area contributed by atoms with Crippen LogP contribution in [0.15, 0.2) is 30.9 Å². The molecule has 1 atom stereocenters. The quantitative estimate of drug-likeness (QED) is 0.852. The molecule has 1 aromatic carbocycles. The molecular weight excluding hydrogens is 276 g/mol. The number of sulfonamides is 1. The molecule has 1 amide bonds. The van der Waals surface area contributed by atoms with Crippen LogP contribution in [0.4, 0.5) is 5.69 Å². The number of nitrogens with zero attached hydrogens (tertiary/aromatic N) is 1. The van der Waals surface area contributed by atoms with Gasteiger partial charge >= 0.3 is 0 Å². The van der Waals surface area contributed by atoms with Crippen LogP contribution in [0.25, 0.3) is 0 Å². The van der Waals surface area contributed by atoms with Gasteiger partial charge in [-0.05, 0) is 37.1 Å². The van der Waals surface area contributed by atoms with Crippen molar-refractivity contribution in [2.45, 2.75) is 19.4 Å². The Labute approximate surface area is 119 Å². The molecule has 0 aromatic heterocycles. The molecule has 1 aliphatic heterocycles. The number of hydrogen-bond acceptors (Lipinski definition) is 3. The molecule has 0 fully saturated rings. The van der Waals surface area contributed by atoms with Gasteiger partial charge in [-0.25, -0.2) is 8.42 Å². The summed E-state index contributed by atoms with van der Waals surface area (Å²) in [6, 6.07) is 4.98. The molecule has 5 nitrogen and oxygen atoms in total. The van der Waals surface area contributed by atoms with Crippen molar-refractivity contribution in [3.05, 3.63) is 42.0 Å². The maximum Gasteiger partial charge on any atom is 0.251 e. The van der Waals surface area contributed by atoms with Crippen molar-refractivity contribution in [1.29, 1.82) is 0 Å². The van der Waals surface area contributed by atoms with Crippen molar-refractivity contribution in [2.24, 2.45) is 0 Å². The first-order valence-corrected chi connectivity index (χ1v) is 8.21. The highest BCUT2D eigenvalue weighted by molar-refractivity contribution is 7.92. The Balaban J connectivity index is 2.33. The van der Waals surface area contributed by atoms with E-state index in [0.29, 0.717) is 24.2 Å². The van der Waals surface area contributed by atoms with Gasteiger partial charge in [0, 0.05) is 18.2 Å². The molecular formula is C14H18N2O3S. The summed E-state index contributed by atoms with van der Waals surface area (Å²) in [6.45, 7) is 5.81. The Morgan fingerprint density at radius 3 is 2.85 bits per heavy atom. The Morgan fingerprint density at radius 2 is 2.25 bits per heavy atom. The number of carbonyl (C=O) groups is 1. The van der Waals surface area contributed by atoms with Gasteiger partial charge in [-0.2, -0.15) is 0 Å². The van der Waals surface area contributed by atoms with Gasteiger partial charge in [-0.1, -0.05) is 6.08 Å². The zero-order chi connectivity index (χ0) is 14.9. The van der Waals surface area contributed by atoms with Crippen LogP contribution >= 0.6 is 0 Å². The Hall–Kier alpha value is -1.82. The lowest BCUT2D eigenvalue weighted by molar-refractivity contribution is 0.0958. The minimum absolute atomic E-state index is 0.119. The average Bonchev–Trinajstić information content (AvgIpc) is 2.70. The van der Waals surface area contributed by atoms with Gasteiger partial charge in [0.15, 0.2) is 0 Å². The van der Waals surface area contributed by atoms with Gasteiger partial charge in [-0.3, -0.25) is 9.10 Å². The highest BCUT2D eigenvalue weighted by Crippen LogP contribution is 2.34. The molecule has 1 N–H and O–H groups in total. The van der Waals surface area contributed by atoms with Crippen molar-refractivity contribution >= 4 is 21.6 Å². The van der Waals surface area contributed by atoms with Crippen LogP contribution in [-0.2, 0) is 16.4 Å². The second kappa shape index (κ2) is 5.28. The topological polar surface area (TPSA) is 66.5 Å². The van der Waals surface area contributed by atoms with E-state index >= 15 is 0 Å². The van der Waals surface area contributed by atoms with E-state index in [1.807, 2.05) is 6.92 Å². The van der Waals surface area contributed by atoms with Gasteiger partial charge in [0.1, 0.15) is 0 Å². The van der Waals surface area contributed by atoms with Gasteiger partial charge in [0.05, 0.1) is 11.9 Å². The van der Waals surface area contributed by atoms with E-state index in [2.05, 4.69) is 11.9 Å². The van der Waals surface area contributed by atoms with E-state index in [4.69, 9.17) is 0 Å². The van der Waals surface area contributed by atoms with E-state index in [9.17, 15) is 13.2 Å². The zero-order valence-corrected chi connectivity index (χ0v) is 12.4. The summed E-state index contributed by atoms with van der Waals surface area (Å²) in [5.41, 5.74) is 2.09.